The molecule has 0 spiro atoms. The van der Waals surface area contributed by atoms with Crippen LogP contribution in [0.2, 0.25) is 10.0 Å². The maximum Gasteiger partial charge on any atom is 0.142 e. The van der Waals surface area contributed by atoms with E-state index >= 15 is 0 Å². The molecule has 0 aliphatic rings. The van der Waals surface area contributed by atoms with Crippen LogP contribution < -0.4 is 4.74 Å². The summed E-state index contributed by atoms with van der Waals surface area (Å²) < 4.78 is 18.5. The van der Waals surface area contributed by atoms with Crippen molar-refractivity contribution >= 4 is 23.2 Å². The number of benzene rings is 2. The lowest BCUT2D eigenvalue weighted by atomic mass is 10.0. The first-order valence-electron chi connectivity index (χ1n) is 5.50. The minimum absolute atomic E-state index is 0.0936. The van der Waals surface area contributed by atoms with E-state index in [0.717, 1.165) is 0 Å². The van der Waals surface area contributed by atoms with Gasteiger partial charge in [0.15, 0.2) is 0 Å². The number of hydrogen-bond acceptors (Lipinski definition) is 2. The quantitative estimate of drug-likeness (QED) is 0.919. The molecule has 0 fully saturated rings. The van der Waals surface area contributed by atoms with E-state index in [1.165, 1.54) is 19.2 Å². The van der Waals surface area contributed by atoms with Crippen LogP contribution in [0.1, 0.15) is 17.2 Å². The van der Waals surface area contributed by atoms with Crippen molar-refractivity contribution < 1.29 is 14.2 Å². The maximum absolute atomic E-state index is 13.4. The van der Waals surface area contributed by atoms with Crippen molar-refractivity contribution in [3.05, 3.63) is 63.4 Å². The van der Waals surface area contributed by atoms with Gasteiger partial charge in [-0.25, -0.2) is 4.39 Å². The SMILES string of the molecule is COc1cc(C(O)c2cccc(F)c2Cl)ccc1Cl. The summed E-state index contributed by atoms with van der Waals surface area (Å²) in [5, 5.41) is 10.6. The fraction of sp³-hybridized carbons (Fsp3) is 0.143. The molecule has 0 aliphatic carbocycles. The Bertz CT molecular complexity index is 602. The second-order valence-electron chi connectivity index (χ2n) is 3.94. The van der Waals surface area contributed by atoms with Crippen LogP contribution in [-0.4, -0.2) is 12.2 Å². The lowest BCUT2D eigenvalue weighted by molar-refractivity contribution is 0.219. The summed E-state index contributed by atoms with van der Waals surface area (Å²) in [6, 6.07) is 9.13. The molecule has 0 aliphatic heterocycles. The van der Waals surface area contributed by atoms with Gasteiger partial charge in [0.25, 0.3) is 0 Å². The van der Waals surface area contributed by atoms with E-state index in [-0.39, 0.29) is 5.02 Å². The first kappa shape index (κ1) is 14.1. The van der Waals surface area contributed by atoms with E-state index in [9.17, 15) is 9.50 Å². The minimum atomic E-state index is -1.05. The number of aliphatic hydroxyl groups is 1. The summed E-state index contributed by atoms with van der Waals surface area (Å²) in [5.74, 6) is -0.134. The van der Waals surface area contributed by atoms with Crippen molar-refractivity contribution in [2.24, 2.45) is 0 Å². The summed E-state index contributed by atoms with van der Waals surface area (Å²) >= 11 is 11.8. The largest absolute Gasteiger partial charge is 0.495 e. The molecule has 1 unspecified atom stereocenters. The molecule has 1 atom stereocenters. The smallest absolute Gasteiger partial charge is 0.142 e. The zero-order chi connectivity index (χ0) is 14.0. The van der Waals surface area contributed by atoms with Gasteiger partial charge in [-0.15, -0.1) is 0 Å². The van der Waals surface area contributed by atoms with Crippen LogP contribution >= 0.6 is 23.2 Å². The van der Waals surface area contributed by atoms with E-state index < -0.39 is 11.9 Å². The molecule has 0 saturated heterocycles. The molecule has 100 valence electrons. The number of hydrogen-bond donors (Lipinski definition) is 1. The molecule has 0 saturated carbocycles. The molecule has 2 rings (SSSR count). The Balaban J connectivity index is 2.44. The summed E-state index contributed by atoms with van der Waals surface area (Å²) in [7, 11) is 1.48. The summed E-state index contributed by atoms with van der Waals surface area (Å²) in [6.45, 7) is 0. The molecule has 1 N–H and O–H groups in total. The Labute approximate surface area is 120 Å². The maximum atomic E-state index is 13.4. The van der Waals surface area contributed by atoms with Crippen LogP contribution in [0, 0.1) is 5.82 Å². The highest BCUT2D eigenvalue weighted by molar-refractivity contribution is 6.32. The molecule has 2 aromatic carbocycles. The molecule has 2 aromatic rings. The molecule has 2 nitrogen and oxygen atoms in total. The average molecular weight is 301 g/mol. The molecular formula is C14H11Cl2FO2. The Morgan fingerprint density at radius 2 is 1.95 bits per heavy atom. The first-order chi connectivity index (χ1) is 9.04. The highest BCUT2D eigenvalue weighted by atomic mass is 35.5. The molecule has 0 bridgehead atoms. The number of ether oxygens (including phenoxy) is 1. The van der Waals surface area contributed by atoms with Gasteiger partial charge in [-0.05, 0) is 23.8 Å². The van der Waals surface area contributed by atoms with Gasteiger partial charge < -0.3 is 9.84 Å². The van der Waals surface area contributed by atoms with Gasteiger partial charge in [0.05, 0.1) is 17.2 Å². The van der Waals surface area contributed by atoms with E-state index in [1.54, 1.807) is 24.3 Å². The fourth-order valence-corrected chi connectivity index (χ4v) is 2.18. The van der Waals surface area contributed by atoms with Gasteiger partial charge in [-0.1, -0.05) is 41.4 Å². The normalized spacial score (nSPS) is 12.3. The predicted molar refractivity (Wildman–Crippen MR) is 73.5 cm³/mol. The summed E-state index contributed by atoms with van der Waals surface area (Å²) in [6.07, 6.45) is -1.05. The molecule has 19 heavy (non-hydrogen) atoms. The number of aliphatic hydroxyl groups excluding tert-OH is 1. The van der Waals surface area contributed by atoms with Crippen molar-refractivity contribution in [2.45, 2.75) is 6.10 Å². The number of rotatable bonds is 3. The van der Waals surface area contributed by atoms with Gasteiger partial charge in [0.2, 0.25) is 0 Å². The molecular weight excluding hydrogens is 290 g/mol. The van der Waals surface area contributed by atoms with E-state index in [1.807, 2.05) is 0 Å². The van der Waals surface area contributed by atoms with Gasteiger partial charge in [-0.2, -0.15) is 0 Å². The Hall–Kier alpha value is -1.29. The van der Waals surface area contributed by atoms with E-state index in [4.69, 9.17) is 27.9 Å². The van der Waals surface area contributed by atoms with E-state index in [0.29, 0.717) is 21.9 Å². The van der Waals surface area contributed by atoms with Crippen molar-refractivity contribution in [1.29, 1.82) is 0 Å². The minimum Gasteiger partial charge on any atom is -0.495 e. The van der Waals surface area contributed by atoms with Crippen molar-refractivity contribution in [1.82, 2.24) is 0 Å². The zero-order valence-corrected chi connectivity index (χ0v) is 11.5. The van der Waals surface area contributed by atoms with Crippen LogP contribution in [0.3, 0.4) is 0 Å². The zero-order valence-electron chi connectivity index (χ0n) is 10.0. The lowest BCUT2D eigenvalue weighted by Gasteiger charge is -2.15. The third-order valence-electron chi connectivity index (χ3n) is 2.77. The number of methoxy groups -OCH3 is 1. The predicted octanol–water partition coefficient (Wildman–Crippen LogP) is 4.22. The molecule has 0 radical (unpaired) electrons. The van der Waals surface area contributed by atoms with Crippen LogP contribution in [0.25, 0.3) is 0 Å². The Morgan fingerprint density at radius 3 is 2.63 bits per heavy atom. The highest BCUT2D eigenvalue weighted by Crippen LogP contribution is 2.33. The van der Waals surface area contributed by atoms with Crippen molar-refractivity contribution in [3.63, 3.8) is 0 Å². The molecule has 0 aromatic heterocycles. The lowest BCUT2D eigenvalue weighted by Crippen LogP contribution is -2.02. The van der Waals surface area contributed by atoms with Crippen LogP contribution in [-0.2, 0) is 0 Å². The average Bonchev–Trinajstić information content (AvgIpc) is 2.41. The number of halogens is 3. The highest BCUT2D eigenvalue weighted by Gasteiger charge is 2.17. The Morgan fingerprint density at radius 1 is 1.21 bits per heavy atom. The van der Waals surface area contributed by atoms with Gasteiger partial charge in [0.1, 0.15) is 17.7 Å². The third kappa shape index (κ3) is 2.84. The Kier molecular flexibility index (Phi) is 4.30. The van der Waals surface area contributed by atoms with Gasteiger partial charge in [-0.3, -0.25) is 0 Å². The van der Waals surface area contributed by atoms with Crippen LogP contribution in [0.5, 0.6) is 5.75 Å². The van der Waals surface area contributed by atoms with Gasteiger partial charge >= 0.3 is 0 Å². The van der Waals surface area contributed by atoms with Crippen molar-refractivity contribution in [2.75, 3.05) is 7.11 Å². The van der Waals surface area contributed by atoms with Gasteiger partial charge in [0, 0.05) is 5.56 Å². The topological polar surface area (TPSA) is 29.5 Å². The summed E-state index contributed by atoms with van der Waals surface area (Å²) in [5.41, 5.74) is 0.819. The first-order valence-corrected chi connectivity index (χ1v) is 6.25. The van der Waals surface area contributed by atoms with Crippen LogP contribution in [0.15, 0.2) is 36.4 Å². The second-order valence-corrected chi connectivity index (χ2v) is 4.72. The molecule has 0 amide bonds. The molecule has 5 heteroatoms. The summed E-state index contributed by atoms with van der Waals surface area (Å²) in [4.78, 5) is 0. The van der Waals surface area contributed by atoms with E-state index in [2.05, 4.69) is 0 Å². The monoisotopic (exact) mass is 300 g/mol. The van der Waals surface area contributed by atoms with Crippen LogP contribution in [0.4, 0.5) is 4.39 Å². The van der Waals surface area contributed by atoms with Crippen molar-refractivity contribution in [3.8, 4) is 5.75 Å². The standard InChI is InChI=1S/C14H11Cl2FO2/c1-19-12-7-8(5-6-10(12)15)14(18)9-3-2-4-11(17)13(9)16/h2-7,14,18H,1H3. The third-order valence-corrected chi connectivity index (χ3v) is 3.48. The fourth-order valence-electron chi connectivity index (χ4n) is 1.76. The second kappa shape index (κ2) is 5.78. The molecule has 0 heterocycles.